The van der Waals surface area contributed by atoms with Crippen LogP contribution in [0.5, 0.6) is 0 Å². The van der Waals surface area contributed by atoms with Gasteiger partial charge in [0, 0.05) is 88.4 Å². The van der Waals surface area contributed by atoms with Gasteiger partial charge in [-0.25, -0.2) is 4.79 Å². The quantitative estimate of drug-likeness (QED) is 0.716. The molecular weight excluding hydrogens is 426 g/mol. The Morgan fingerprint density at radius 1 is 1.00 bits per heavy atom. The number of nitrogens with zero attached hydrogens (tertiary/aromatic N) is 6. The van der Waals surface area contributed by atoms with E-state index >= 15 is 0 Å². The number of likely N-dealkylation sites (N-methyl/N-ethyl adjacent to an activating group) is 1. The molecule has 1 amide bonds. The third-order valence-electron chi connectivity index (χ3n) is 6.39. The largest absolute Gasteiger partial charge is 0.369 e. The Morgan fingerprint density at radius 3 is 2.41 bits per heavy atom. The first kappa shape index (κ1) is 22.9. The van der Waals surface area contributed by atoms with Crippen molar-refractivity contribution in [2.45, 2.75) is 20.4 Å². The lowest BCUT2D eigenvalue weighted by Crippen LogP contribution is -2.50. The zero-order valence-electron chi connectivity index (χ0n) is 19.1. The topological polar surface area (TPSA) is 59.9 Å². The van der Waals surface area contributed by atoms with E-state index in [0.717, 1.165) is 69.7 Å². The SMILES string of the molecule is CCNc1ccn(C(=O)N2CCN(Cc3ccc(Cl)cc3N3CCN(CC)CC3)CC2)n1. The van der Waals surface area contributed by atoms with E-state index in [1.54, 1.807) is 6.20 Å². The molecule has 1 aromatic carbocycles. The van der Waals surface area contributed by atoms with Crippen molar-refractivity contribution >= 4 is 29.1 Å². The standard InChI is InChI=1S/C23H34ClN7O/c1-3-25-22-7-8-31(26-22)23(32)30-15-11-28(12-16-30)18-19-5-6-20(24)17-21(19)29-13-9-27(4-2)10-14-29/h5-8,17H,3-4,9-16,18H2,1-2H3,(H,25,26). The van der Waals surface area contributed by atoms with Crippen LogP contribution in [-0.4, -0.2) is 96.0 Å². The third kappa shape index (κ3) is 5.36. The van der Waals surface area contributed by atoms with Crippen molar-refractivity contribution in [2.24, 2.45) is 0 Å². The van der Waals surface area contributed by atoms with Crippen LogP contribution in [0, 0.1) is 0 Å². The molecule has 0 bridgehead atoms. The van der Waals surface area contributed by atoms with Crippen LogP contribution in [0.3, 0.4) is 0 Å². The second-order valence-corrected chi connectivity index (χ2v) is 8.85. The Hall–Kier alpha value is -2.29. The van der Waals surface area contributed by atoms with E-state index in [2.05, 4.69) is 44.2 Å². The number of piperazine rings is 2. The molecule has 8 nitrogen and oxygen atoms in total. The van der Waals surface area contributed by atoms with Gasteiger partial charge in [-0.05, 0) is 31.2 Å². The Balaban J connectivity index is 1.35. The molecule has 2 fully saturated rings. The summed E-state index contributed by atoms with van der Waals surface area (Å²) in [5, 5.41) is 8.24. The number of carbonyl (C=O) groups excluding carboxylic acids is 1. The number of hydrogen-bond donors (Lipinski definition) is 1. The van der Waals surface area contributed by atoms with Crippen molar-refractivity contribution in [2.75, 3.05) is 75.7 Å². The van der Waals surface area contributed by atoms with Crippen LogP contribution in [0.25, 0.3) is 0 Å². The van der Waals surface area contributed by atoms with Gasteiger partial charge in [0.05, 0.1) is 0 Å². The number of halogens is 1. The van der Waals surface area contributed by atoms with Crippen LogP contribution in [0.1, 0.15) is 19.4 Å². The van der Waals surface area contributed by atoms with Gasteiger partial charge >= 0.3 is 6.03 Å². The molecule has 2 aromatic rings. The van der Waals surface area contributed by atoms with Gasteiger partial charge in [0.15, 0.2) is 0 Å². The monoisotopic (exact) mass is 459 g/mol. The van der Waals surface area contributed by atoms with E-state index in [0.29, 0.717) is 13.1 Å². The van der Waals surface area contributed by atoms with Crippen LogP contribution >= 0.6 is 11.6 Å². The number of aromatic nitrogens is 2. The number of carbonyl (C=O) groups is 1. The Labute approximate surface area is 195 Å². The van der Waals surface area contributed by atoms with E-state index in [1.807, 2.05) is 24.0 Å². The Morgan fingerprint density at radius 2 is 1.72 bits per heavy atom. The van der Waals surface area contributed by atoms with E-state index in [-0.39, 0.29) is 6.03 Å². The highest BCUT2D eigenvalue weighted by Gasteiger charge is 2.25. The summed E-state index contributed by atoms with van der Waals surface area (Å²) in [7, 11) is 0. The third-order valence-corrected chi connectivity index (χ3v) is 6.62. The minimum atomic E-state index is -0.0604. The lowest BCUT2D eigenvalue weighted by atomic mass is 10.1. The summed E-state index contributed by atoms with van der Waals surface area (Å²) in [4.78, 5) is 22.0. The minimum absolute atomic E-state index is 0.0604. The minimum Gasteiger partial charge on any atom is -0.369 e. The molecular formula is C23H34ClN7O. The number of hydrogen-bond acceptors (Lipinski definition) is 6. The van der Waals surface area contributed by atoms with Gasteiger partial charge in [0.1, 0.15) is 5.82 Å². The Bertz CT molecular complexity index is 901. The fraction of sp³-hybridized carbons (Fsp3) is 0.565. The van der Waals surface area contributed by atoms with Crippen LogP contribution in [0.4, 0.5) is 16.3 Å². The van der Waals surface area contributed by atoms with Gasteiger partial charge in [-0.3, -0.25) is 4.90 Å². The van der Waals surface area contributed by atoms with E-state index in [1.165, 1.54) is 15.9 Å². The first-order chi connectivity index (χ1) is 15.6. The van der Waals surface area contributed by atoms with Gasteiger partial charge in [-0.2, -0.15) is 4.68 Å². The van der Waals surface area contributed by atoms with Crippen molar-refractivity contribution in [3.8, 4) is 0 Å². The summed E-state index contributed by atoms with van der Waals surface area (Å²) in [6.07, 6.45) is 1.73. The summed E-state index contributed by atoms with van der Waals surface area (Å²) >= 11 is 6.36. The lowest BCUT2D eigenvalue weighted by Gasteiger charge is -2.38. The fourth-order valence-corrected chi connectivity index (χ4v) is 4.63. The molecule has 0 radical (unpaired) electrons. The second kappa shape index (κ2) is 10.6. The van der Waals surface area contributed by atoms with E-state index in [4.69, 9.17) is 11.6 Å². The van der Waals surface area contributed by atoms with Crippen molar-refractivity contribution in [1.29, 1.82) is 0 Å². The molecule has 1 N–H and O–H groups in total. The van der Waals surface area contributed by atoms with Gasteiger partial charge in [-0.1, -0.05) is 24.6 Å². The predicted molar refractivity (Wildman–Crippen MR) is 130 cm³/mol. The fourth-order valence-electron chi connectivity index (χ4n) is 4.46. The number of benzene rings is 1. The highest BCUT2D eigenvalue weighted by Crippen LogP contribution is 2.27. The highest BCUT2D eigenvalue weighted by atomic mass is 35.5. The van der Waals surface area contributed by atoms with Crippen LogP contribution < -0.4 is 10.2 Å². The first-order valence-corrected chi connectivity index (χ1v) is 12.0. The van der Waals surface area contributed by atoms with Crippen LogP contribution in [-0.2, 0) is 6.54 Å². The maximum Gasteiger partial charge on any atom is 0.344 e. The molecule has 2 saturated heterocycles. The van der Waals surface area contributed by atoms with Gasteiger partial charge in [0.2, 0.25) is 0 Å². The number of anilines is 2. The average molecular weight is 460 g/mol. The van der Waals surface area contributed by atoms with E-state index < -0.39 is 0 Å². The number of rotatable bonds is 6. The molecule has 174 valence electrons. The Kier molecular flexibility index (Phi) is 7.55. The van der Waals surface area contributed by atoms with Gasteiger partial charge in [0.25, 0.3) is 0 Å². The van der Waals surface area contributed by atoms with Crippen molar-refractivity contribution < 1.29 is 4.79 Å². The predicted octanol–water partition coefficient (Wildman–Crippen LogP) is 2.90. The molecule has 2 aliphatic heterocycles. The molecule has 32 heavy (non-hydrogen) atoms. The maximum atomic E-state index is 12.8. The van der Waals surface area contributed by atoms with Crippen molar-refractivity contribution in [3.05, 3.63) is 41.0 Å². The number of nitrogens with one attached hydrogen (secondary N) is 1. The summed E-state index contributed by atoms with van der Waals surface area (Å²) in [5.41, 5.74) is 2.56. The molecule has 2 aliphatic rings. The van der Waals surface area contributed by atoms with Gasteiger partial charge in [-0.15, -0.1) is 5.10 Å². The summed E-state index contributed by atoms with van der Waals surface area (Å²) in [6, 6.07) is 8.03. The smallest absolute Gasteiger partial charge is 0.344 e. The van der Waals surface area contributed by atoms with Crippen LogP contribution in [0.15, 0.2) is 30.5 Å². The zero-order valence-corrected chi connectivity index (χ0v) is 19.9. The lowest BCUT2D eigenvalue weighted by molar-refractivity contribution is 0.134. The summed E-state index contributed by atoms with van der Waals surface area (Å²) < 4.78 is 1.43. The zero-order chi connectivity index (χ0) is 22.5. The second-order valence-electron chi connectivity index (χ2n) is 8.42. The average Bonchev–Trinajstić information content (AvgIpc) is 3.29. The summed E-state index contributed by atoms with van der Waals surface area (Å²) in [5.74, 6) is 0.731. The maximum absolute atomic E-state index is 12.8. The molecule has 0 spiro atoms. The molecule has 0 atom stereocenters. The molecule has 0 aliphatic carbocycles. The number of amides is 1. The van der Waals surface area contributed by atoms with Crippen molar-refractivity contribution in [3.63, 3.8) is 0 Å². The molecule has 4 rings (SSSR count). The summed E-state index contributed by atoms with van der Waals surface area (Å²) in [6.45, 7) is 14.3. The molecule has 1 aromatic heterocycles. The van der Waals surface area contributed by atoms with Crippen molar-refractivity contribution in [1.82, 2.24) is 24.5 Å². The van der Waals surface area contributed by atoms with Gasteiger partial charge < -0.3 is 20.0 Å². The molecule has 0 unspecified atom stereocenters. The van der Waals surface area contributed by atoms with E-state index in [9.17, 15) is 4.79 Å². The highest BCUT2D eigenvalue weighted by molar-refractivity contribution is 6.30. The first-order valence-electron chi connectivity index (χ1n) is 11.6. The molecule has 9 heteroatoms. The molecule has 0 saturated carbocycles. The normalized spacial score (nSPS) is 18.2. The molecule has 3 heterocycles. The van der Waals surface area contributed by atoms with Crippen LogP contribution in [0.2, 0.25) is 5.02 Å².